The molecule has 1 amide bonds. The predicted molar refractivity (Wildman–Crippen MR) is 94.3 cm³/mol. The van der Waals surface area contributed by atoms with Crippen LogP contribution in [-0.2, 0) is 17.9 Å². The molecule has 4 aliphatic rings. The first kappa shape index (κ1) is 16.2. The molecule has 4 nitrogen and oxygen atoms in total. The molecule has 1 aromatic rings. The standard InChI is InChI=1S/C20H31N3O/c1-5-23-14(2)16(10-22-23)9-21-17(24)20-8-15-6-18(3,12-20)11-19(4,7-15)13-20/h10,15H,5-9,11-13H2,1-4H3,(H,21,24)/t15?,18-,19-,20?/m0/s1. The summed E-state index contributed by atoms with van der Waals surface area (Å²) in [6.45, 7) is 10.5. The van der Waals surface area contributed by atoms with Gasteiger partial charge in [0.2, 0.25) is 5.91 Å². The molecular weight excluding hydrogens is 298 g/mol. The molecular formula is C20H31N3O. The number of rotatable bonds is 4. The normalized spacial score (nSPS) is 40.1. The van der Waals surface area contributed by atoms with Gasteiger partial charge in [-0.1, -0.05) is 13.8 Å². The second-order valence-electron chi connectivity index (χ2n) is 9.66. The quantitative estimate of drug-likeness (QED) is 0.912. The Bertz CT molecular complexity index is 658. The smallest absolute Gasteiger partial charge is 0.226 e. The van der Waals surface area contributed by atoms with Gasteiger partial charge in [-0.3, -0.25) is 9.48 Å². The number of nitrogens with one attached hydrogen (secondary N) is 1. The zero-order chi connectivity index (χ0) is 17.2. The number of carbonyl (C=O) groups is 1. The van der Waals surface area contributed by atoms with Gasteiger partial charge >= 0.3 is 0 Å². The van der Waals surface area contributed by atoms with Gasteiger partial charge in [0.05, 0.1) is 11.6 Å². The third-order valence-corrected chi connectivity index (χ3v) is 7.05. The van der Waals surface area contributed by atoms with Gasteiger partial charge in [0.25, 0.3) is 0 Å². The zero-order valence-electron chi connectivity index (χ0n) is 15.6. The molecule has 24 heavy (non-hydrogen) atoms. The maximum atomic E-state index is 13.2. The average molecular weight is 329 g/mol. The van der Waals surface area contributed by atoms with E-state index in [1.165, 1.54) is 25.0 Å². The van der Waals surface area contributed by atoms with E-state index >= 15 is 0 Å². The molecule has 4 aliphatic carbocycles. The van der Waals surface area contributed by atoms with Crippen LogP contribution in [0.3, 0.4) is 0 Å². The van der Waals surface area contributed by atoms with Crippen molar-refractivity contribution in [1.29, 1.82) is 0 Å². The second-order valence-corrected chi connectivity index (χ2v) is 9.66. The molecule has 4 bridgehead atoms. The summed E-state index contributed by atoms with van der Waals surface area (Å²) in [7, 11) is 0. The number of aromatic nitrogens is 2. The summed E-state index contributed by atoms with van der Waals surface area (Å²) >= 11 is 0. The first-order chi connectivity index (χ1) is 11.3. The van der Waals surface area contributed by atoms with Crippen molar-refractivity contribution in [2.75, 3.05) is 0 Å². The van der Waals surface area contributed by atoms with Crippen LogP contribution in [0.4, 0.5) is 0 Å². The lowest BCUT2D eigenvalue weighted by molar-refractivity contribution is -0.170. The lowest BCUT2D eigenvalue weighted by Gasteiger charge is -2.64. The summed E-state index contributed by atoms with van der Waals surface area (Å²) in [5.41, 5.74) is 2.97. The highest BCUT2D eigenvalue weighted by molar-refractivity contribution is 5.83. The van der Waals surface area contributed by atoms with Gasteiger partial charge in [-0.15, -0.1) is 0 Å². The minimum atomic E-state index is -0.114. The molecule has 0 saturated heterocycles. The monoisotopic (exact) mass is 329 g/mol. The molecule has 0 spiro atoms. The lowest BCUT2D eigenvalue weighted by Crippen LogP contribution is -2.59. The lowest BCUT2D eigenvalue weighted by atomic mass is 9.40. The van der Waals surface area contributed by atoms with E-state index in [0.29, 0.717) is 23.3 Å². The van der Waals surface area contributed by atoms with Crippen LogP contribution in [0.1, 0.15) is 70.6 Å². The molecule has 1 aromatic heterocycles. The molecule has 4 heteroatoms. The van der Waals surface area contributed by atoms with Crippen LogP contribution >= 0.6 is 0 Å². The van der Waals surface area contributed by atoms with E-state index in [9.17, 15) is 4.79 Å². The van der Waals surface area contributed by atoms with E-state index in [1.54, 1.807) is 0 Å². The van der Waals surface area contributed by atoms with E-state index < -0.39 is 0 Å². The average Bonchev–Trinajstić information content (AvgIpc) is 2.81. The fraction of sp³-hybridized carbons (Fsp3) is 0.800. The van der Waals surface area contributed by atoms with Gasteiger partial charge in [0.15, 0.2) is 0 Å². The van der Waals surface area contributed by atoms with Gasteiger partial charge in [-0.05, 0) is 69.1 Å². The minimum Gasteiger partial charge on any atom is -0.351 e. The number of amides is 1. The zero-order valence-corrected chi connectivity index (χ0v) is 15.6. The Kier molecular flexibility index (Phi) is 3.43. The molecule has 0 aromatic carbocycles. The first-order valence-electron chi connectivity index (χ1n) is 9.56. The Labute approximate surface area is 145 Å². The number of carbonyl (C=O) groups excluding carboxylic acids is 1. The number of hydrogen-bond acceptors (Lipinski definition) is 2. The largest absolute Gasteiger partial charge is 0.351 e. The Morgan fingerprint density at radius 3 is 2.46 bits per heavy atom. The molecule has 1 N–H and O–H groups in total. The van der Waals surface area contributed by atoms with Gasteiger partial charge < -0.3 is 5.32 Å². The van der Waals surface area contributed by atoms with Crippen LogP contribution in [0.25, 0.3) is 0 Å². The van der Waals surface area contributed by atoms with Gasteiger partial charge in [0, 0.05) is 24.3 Å². The molecule has 4 fully saturated rings. The minimum absolute atomic E-state index is 0.114. The molecule has 4 saturated carbocycles. The van der Waals surface area contributed by atoms with Crippen LogP contribution in [0, 0.1) is 29.1 Å². The van der Waals surface area contributed by atoms with Crippen molar-refractivity contribution in [3.63, 3.8) is 0 Å². The van der Waals surface area contributed by atoms with Crippen molar-refractivity contribution in [2.24, 2.45) is 22.2 Å². The number of aryl methyl sites for hydroxylation is 1. The molecule has 0 aliphatic heterocycles. The molecule has 1 heterocycles. The summed E-state index contributed by atoms with van der Waals surface area (Å²) in [5.74, 6) is 1.05. The van der Waals surface area contributed by atoms with Crippen molar-refractivity contribution in [2.45, 2.75) is 79.3 Å². The van der Waals surface area contributed by atoms with E-state index in [0.717, 1.165) is 37.3 Å². The van der Waals surface area contributed by atoms with Crippen LogP contribution in [0.2, 0.25) is 0 Å². The van der Waals surface area contributed by atoms with Crippen molar-refractivity contribution in [1.82, 2.24) is 15.1 Å². The van der Waals surface area contributed by atoms with Gasteiger partial charge in [0.1, 0.15) is 0 Å². The molecule has 5 rings (SSSR count). The summed E-state index contributed by atoms with van der Waals surface area (Å²) in [5, 5.41) is 7.67. The Balaban J connectivity index is 1.51. The van der Waals surface area contributed by atoms with Crippen molar-refractivity contribution >= 4 is 5.91 Å². The fourth-order valence-electron chi connectivity index (χ4n) is 7.04. The molecule has 0 radical (unpaired) electrons. The Hall–Kier alpha value is -1.32. The van der Waals surface area contributed by atoms with Crippen LogP contribution in [0.5, 0.6) is 0 Å². The highest BCUT2D eigenvalue weighted by Gasteiger charge is 2.62. The van der Waals surface area contributed by atoms with Crippen LogP contribution in [0.15, 0.2) is 6.20 Å². The Morgan fingerprint density at radius 2 is 1.92 bits per heavy atom. The third kappa shape index (κ3) is 2.41. The van der Waals surface area contributed by atoms with Crippen molar-refractivity contribution in [3.05, 3.63) is 17.5 Å². The second kappa shape index (κ2) is 5.09. The van der Waals surface area contributed by atoms with Crippen LogP contribution < -0.4 is 5.32 Å². The van der Waals surface area contributed by atoms with E-state index in [-0.39, 0.29) is 5.41 Å². The summed E-state index contributed by atoms with van der Waals surface area (Å²) in [6.07, 6.45) is 9.17. The topological polar surface area (TPSA) is 46.9 Å². The maximum Gasteiger partial charge on any atom is 0.226 e. The predicted octanol–water partition coefficient (Wildman–Crippen LogP) is 3.82. The maximum absolute atomic E-state index is 13.2. The molecule has 132 valence electrons. The summed E-state index contributed by atoms with van der Waals surface area (Å²) < 4.78 is 1.99. The molecule has 2 atom stereocenters. The Morgan fingerprint density at radius 1 is 1.25 bits per heavy atom. The van der Waals surface area contributed by atoms with E-state index in [1.807, 2.05) is 10.9 Å². The summed E-state index contributed by atoms with van der Waals surface area (Å²) in [4.78, 5) is 13.2. The van der Waals surface area contributed by atoms with Crippen LogP contribution in [-0.4, -0.2) is 15.7 Å². The van der Waals surface area contributed by atoms with Crippen molar-refractivity contribution < 1.29 is 4.79 Å². The molecule has 0 unspecified atom stereocenters. The number of nitrogens with zero attached hydrogens (tertiary/aromatic N) is 2. The highest BCUT2D eigenvalue weighted by Crippen LogP contribution is 2.69. The van der Waals surface area contributed by atoms with E-state index in [2.05, 4.69) is 38.1 Å². The van der Waals surface area contributed by atoms with E-state index in [4.69, 9.17) is 0 Å². The van der Waals surface area contributed by atoms with Gasteiger partial charge in [-0.25, -0.2) is 0 Å². The van der Waals surface area contributed by atoms with Gasteiger partial charge in [-0.2, -0.15) is 5.10 Å². The fourth-order valence-corrected chi connectivity index (χ4v) is 7.04. The SMILES string of the molecule is CCn1ncc(CNC(=O)C23CC4C[C@](C)(C2)C[C@](C)(C4)C3)c1C. The summed E-state index contributed by atoms with van der Waals surface area (Å²) in [6, 6.07) is 0. The third-order valence-electron chi connectivity index (χ3n) is 7.05. The number of hydrogen-bond donors (Lipinski definition) is 1. The highest BCUT2D eigenvalue weighted by atomic mass is 16.2. The first-order valence-corrected chi connectivity index (χ1v) is 9.56. The van der Waals surface area contributed by atoms with Crippen molar-refractivity contribution in [3.8, 4) is 0 Å².